The number of hydrogen-bond acceptors (Lipinski definition) is 4. The average Bonchev–Trinajstić information content (AvgIpc) is 2.17. The SMILES string of the molecule is CCOCCO.CCOCCOC. The van der Waals surface area contributed by atoms with Crippen molar-refractivity contribution in [3.8, 4) is 0 Å². The Balaban J connectivity index is 0. The number of hydrogen-bond donors (Lipinski definition) is 1. The predicted octanol–water partition coefficient (Wildman–Crippen LogP) is 0.684. The van der Waals surface area contributed by atoms with Crippen molar-refractivity contribution in [1.29, 1.82) is 0 Å². The molecular formula is C9H22O4. The highest BCUT2D eigenvalue weighted by molar-refractivity contribution is 4.22. The van der Waals surface area contributed by atoms with Gasteiger partial charge in [-0.15, -0.1) is 0 Å². The molecule has 0 aliphatic rings. The number of rotatable bonds is 7. The first-order chi connectivity index (χ1) is 6.33. The highest BCUT2D eigenvalue weighted by Gasteiger charge is 1.78. The van der Waals surface area contributed by atoms with Crippen LogP contribution in [0.2, 0.25) is 0 Å². The molecule has 0 unspecified atom stereocenters. The lowest BCUT2D eigenvalue weighted by Gasteiger charge is -1.96. The molecule has 0 aromatic rings. The van der Waals surface area contributed by atoms with E-state index in [1.165, 1.54) is 0 Å². The van der Waals surface area contributed by atoms with Gasteiger partial charge in [-0.05, 0) is 13.8 Å². The molecule has 0 fully saturated rings. The molecule has 0 saturated heterocycles. The molecule has 4 heteroatoms. The van der Waals surface area contributed by atoms with Gasteiger partial charge >= 0.3 is 0 Å². The van der Waals surface area contributed by atoms with E-state index in [4.69, 9.17) is 19.3 Å². The summed E-state index contributed by atoms with van der Waals surface area (Å²) in [6.07, 6.45) is 0. The lowest BCUT2D eigenvalue weighted by atomic mass is 10.7. The maximum Gasteiger partial charge on any atom is 0.0700 e. The number of aliphatic hydroxyl groups excluding tert-OH is 1. The van der Waals surface area contributed by atoms with E-state index in [0.717, 1.165) is 6.61 Å². The molecule has 0 saturated carbocycles. The predicted molar refractivity (Wildman–Crippen MR) is 51.9 cm³/mol. The molecule has 0 aromatic heterocycles. The summed E-state index contributed by atoms with van der Waals surface area (Å²) in [6.45, 7) is 7.36. The van der Waals surface area contributed by atoms with Gasteiger partial charge in [0.05, 0.1) is 26.4 Å². The van der Waals surface area contributed by atoms with Gasteiger partial charge in [-0.25, -0.2) is 0 Å². The Morgan fingerprint density at radius 3 is 1.77 bits per heavy atom. The Hall–Kier alpha value is -0.160. The van der Waals surface area contributed by atoms with Gasteiger partial charge in [-0.1, -0.05) is 0 Å². The Bertz CT molecular complexity index is 60.6. The summed E-state index contributed by atoms with van der Waals surface area (Å²) >= 11 is 0. The monoisotopic (exact) mass is 194 g/mol. The minimum absolute atomic E-state index is 0.133. The molecule has 82 valence electrons. The third kappa shape index (κ3) is 24.5. The zero-order valence-corrected chi connectivity index (χ0v) is 8.91. The van der Waals surface area contributed by atoms with Crippen molar-refractivity contribution in [2.45, 2.75) is 13.8 Å². The van der Waals surface area contributed by atoms with E-state index in [2.05, 4.69) is 0 Å². The summed E-state index contributed by atoms with van der Waals surface area (Å²) in [5, 5.41) is 8.07. The molecule has 0 bridgehead atoms. The van der Waals surface area contributed by atoms with Crippen LogP contribution in [0.25, 0.3) is 0 Å². The molecule has 0 atom stereocenters. The first-order valence-corrected chi connectivity index (χ1v) is 4.58. The summed E-state index contributed by atoms with van der Waals surface area (Å²) in [5.74, 6) is 0. The van der Waals surface area contributed by atoms with Crippen LogP contribution in [0.15, 0.2) is 0 Å². The van der Waals surface area contributed by atoms with Crippen LogP contribution in [-0.4, -0.2) is 51.9 Å². The van der Waals surface area contributed by atoms with Crippen molar-refractivity contribution in [3.63, 3.8) is 0 Å². The van der Waals surface area contributed by atoms with Crippen molar-refractivity contribution in [2.75, 3.05) is 46.8 Å². The number of methoxy groups -OCH3 is 1. The second-order valence-corrected chi connectivity index (χ2v) is 2.11. The minimum atomic E-state index is 0.133. The third-order valence-electron chi connectivity index (χ3n) is 1.08. The van der Waals surface area contributed by atoms with Crippen LogP contribution in [0, 0.1) is 0 Å². The molecule has 0 aliphatic carbocycles. The quantitative estimate of drug-likeness (QED) is 0.606. The topological polar surface area (TPSA) is 47.9 Å². The lowest BCUT2D eigenvalue weighted by molar-refractivity contribution is 0.0777. The fraction of sp³-hybridized carbons (Fsp3) is 1.00. The van der Waals surface area contributed by atoms with E-state index >= 15 is 0 Å². The van der Waals surface area contributed by atoms with Gasteiger partial charge in [0.1, 0.15) is 0 Å². The second kappa shape index (κ2) is 17.8. The van der Waals surface area contributed by atoms with Crippen molar-refractivity contribution in [2.24, 2.45) is 0 Å². The van der Waals surface area contributed by atoms with Crippen molar-refractivity contribution < 1.29 is 19.3 Å². The van der Waals surface area contributed by atoms with Gasteiger partial charge in [-0.3, -0.25) is 0 Å². The van der Waals surface area contributed by atoms with E-state index in [-0.39, 0.29) is 6.61 Å². The van der Waals surface area contributed by atoms with Crippen molar-refractivity contribution in [1.82, 2.24) is 0 Å². The van der Waals surface area contributed by atoms with Gasteiger partial charge in [0.2, 0.25) is 0 Å². The van der Waals surface area contributed by atoms with Gasteiger partial charge in [-0.2, -0.15) is 0 Å². The second-order valence-electron chi connectivity index (χ2n) is 2.11. The normalized spacial score (nSPS) is 9.23. The molecule has 0 rings (SSSR count). The molecule has 0 heterocycles. The van der Waals surface area contributed by atoms with Crippen LogP contribution < -0.4 is 0 Å². The minimum Gasteiger partial charge on any atom is -0.394 e. The highest BCUT2D eigenvalue weighted by Crippen LogP contribution is 1.71. The summed E-state index contributed by atoms with van der Waals surface area (Å²) in [6, 6.07) is 0. The van der Waals surface area contributed by atoms with Crippen molar-refractivity contribution in [3.05, 3.63) is 0 Å². The lowest BCUT2D eigenvalue weighted by Crippen LogP contribution is -2.00. The molecule has 0 amide bonds. The molecule has 0 aromatic carbocycles. The molecular weight excluding hydrogens is 172 g/mol. The van der Waals surface area contributed by atoms with Crippen molar-refractivity contribution >= 4 is 0 Å². The van der Waals surface area contributed by atoms with Crippen LogP contribution >= 0.6 is 0 Å². The average molecular weight is 194 g/mol. The standard InChI is InChI=1S/C5H12O2.C4H10O2/c1-3-7-5-4-6-2;1-2-6-4-3-5/h3-5H2,1-2H3;5H,2-4H2,1H3. The highest BCUT2D eigenvalue weighted by atomic mass is 16.5. The van der Waals surface area contributed by atoms with Crippen LogP contribution in [0.4, 0.5) is 0 Å². The van der Waals surface area contributed by atoms with Crippen LogP contribution in [0.5, 0.6) is 0 Å². The Morgan fingerprint density at radius 1 is 0.923 bits per heavy atom. The van der Waals surface area contributed by atoms with Crippen LogP contribution in [0.1, 0.15) is 13.8 Å². The first kappa shape index (κ1) is 15.3. The van der Waals surface area contributed by atoms with Gasteiger partial charge in [0.25, 0.3) is 0 Å². The maximum absolute atomic E-state index is 8.07. The number of aliphatic hydroxyl groups is 1. The first-order valence-electron chi connectivity index (χ1n) is 4.58. The third-order valence-corrected chi connectivity index (χ3v) is 1.08. The molecule has 0 aliphatic heterocycles. The molecule has 1 N–H and O–H groups in total. The largest absolute Gasteiger partial charge is 0.394 e. The Kier molecular flexibility index (Phi) is 21.0. The summed E-state index contributed by atoms with van der Waals surface area (Å²) in [5.41, 5.74) is 0. The summed E-state index contributed by atoms with van der Waals surface area (Å²) in [7, 11) is 1.67. The van der Waals surface area contributed by atoms with E-state index in [0.29, 0.717) is 26.4 Å². The van der Waals surface area contributed by atoms with Gasteiger partial charge < -0.3 is 19.3 Å². The fourth-order valence-corrected chi connectivity index (χ4v) is 0.495. The molecule has 0 radical (unpaired) electrons. The van der Waals surface area contributed by atoms with E-state index in [1.54, 1.807) is 7.11 Å². The molecule has 0 spiro atoms. The smallest absolute Gasteiger partial charge is 0.0700 e. The van der Waals surface area contributed by atoms with E-state index in [1.807, 2.05) is 13.8 Å². The van der Waals surface area contributed by atoms with Gasteiger partial charge in [0, 0.05) is 20.3 Å². The van der Waals surface area contributed by atoms with E-state index < -0.39 is 0 Å². The zero-order chi connectivity index (χ0) is 10.4. The Morgan fingerprint density at radius 2 is 1.46 bits per heavy atom. The molecule has 4 nitrogen and oxygen atoms in total. The number of ether oxygens (including phenoxy) is 3. The summed E-state index contributed by atoms with van der Waals surface area (Å²) < 4.78 is 14.4. The Labute approximate surface area is 80.8 Å². The maximum atomic E-state index is 8.07. The molecule has 13 heavy (non-hydrogen) atoms. The fourth-order valence-electron chi connectivity index (χ4n) is 0.495. The zero-order valence-electron chi connectivity index (χ0n) is 8.91. The summed E-state index contributed by atoms with van der Waals surface area (Å²) in [4.78, 5) is 0. The van der Waals surface area contributed by atoms with Crippen LogP contribution in [0.3, 0.4) is 0 Å². The van der Waals surface area contributed by atoms with Crippen LogP contribution in [-0.2, 0) is 14.2 Å². The van der Waals surface area contributed by atoms with Gasteiger partial charge in [0.15, 0.2) is 0 Å². The van der Waals surface area contributed by atoms with E-state index in [9.17, 15) is 0 Å².